The van der Waals surface area contributed by atoms with Crippen LogP contribution < -0.4 is 5.32 Å². The molecule has 1 saturated heterocycles. The van der Waals surface area contributed by atoms with Crippen LogP contribution in [0.25, 0.3) is 0 Å². The van der Waals surface area contributed by atoms with Crippen molar-refractivity contribution in [2.24, 2.45) is 0 Å². The molecule has 2 rings (SSSR count). The second kappa shape index (κ2) is 3.18. The Kier molecular flexibility index (Phi) is 2.02. The van der Waals surface area contributed by atoms with E-state index in [9.17, 15) is 9.59 Å². The van der Waals surface area contributed by atoms with Gasteiger partial charge >= 0.3 is 12.1 Å². The van der Waals surface area contributed by atoms with Crippen LogP contribution in [0.1, 0.15) is 4.88 Å². The molecule has 0 saturated carbocycles. The lowest BCUT2D eigenvalue weighted by Crippen LogP contribution is -2.30. The van der Waals surface area contributed by atoms with Crippen molar-refractivity contribution in [2.45, 2.75) is 12.5 Å². The normalized spacial score (nSPS) is 21.4. The van der Waals surface area contributed by atoms with Crippen molar-refractivity contribution in [3.8, 4) is 0 Å². The Labute approximate surface area is 78.5 Å². The molecule has 1 aromatic rings. The summed E-state index contributed by atoms with van der Waals surface area (Å²) in [5, 5.41) is 4.37. The first kappa shape index (κ1) is 8.25. The van der Waals surface area contributed by atoms with Crippen LogP contribution in [0.2, 0.25) is 0 Å². The van der Waals surface area contributed by atoms with E-state index in [1.54, 1.807) is 11.3 Å². The van der Waals surface area contributed by atoms with Crippen LogP contribution in [-0.2, 0) is 16.0 Å². The van der Waals surface area contributed by atoms with E-state index in [0.717, 1.165) is 4.88 Å². The summed E-state index contributed by atoms with van der Waals surface area (Å²) in [6.07, 6.45) is -0.131. The molecule has 5 heteroatoms. The average Bonchev–Trinajstić information content (AvgIpc) is 2.63. The summed E-state index contributed by atoms with van der Waals surface area (Å²) < 4.78 is 4.34. The van der Waals surface area contributed by atoms with E-state index in [1.165, 1.54) is 0 Å². The highest BCUT2D eigenvalue weighted by molar-refractivity contribution is 7.09. The van der Waals surface area contributed by atoms with E-state index in [4.69, 9.17) is 0 Å². The molecule has 1 N–H and O–H groups in total. The Morgan fingerprint density at radius 1 is 1.54 bits per heavy atom. The molecule has 1 aromatic heterocycles. The van der Waals surface area contributed by atoms with E-state index in [1.807, 2.05) is 17.5 Å². The highest BCUT2D eigenvalue weighted by Gasteiger charge is 2.32. The highest BCUT2D eigenvalue weighted by atomic mass is 32.1. The molecule has 4 nitrogen and oxygen atoms in total. The van der Waals surface area contributed by atoms with Crippen molar-refractivity contribution in [2.75, 3.05) is 0 Å². The molecular weight excluding hydrogens is 190 g/mol. The number of carbonyl (C=O) groups is 2. The van der Waals surface area contributed by atoms with Gasteiger partial charge in [0.15, 0.2) is 0 Å². The predicted molar refractivity (Wildman–Crippen MR) is 46.4 cm³/mol. The Morgan fingerprint density at radius 2 is 2.38 bits per heavy atom. The molecule has 0 aromatic carbocycles. The van der Waals surface area contributed by atoms with Gasteiger partial charge in [-0.2, -0.15) is 0 Å². The molecule has 13 heavy (non-hydrogen) atoms. The summed E-state index contributed by atoms with van der Waals surface area (Å²) in [7, 11) is 0. The fourth-order valence-corrected chi connectivity index (χ4v) is 1.91. The first-order valence-corrected chi connectivity index (χ1v) is 4.68. The third-order valence-electron chi connectivity index (χ3n) is 1.76. The number of carbonyl (C=O) groups excluding carboxylic acids is 2. The quantitative estimate of drug-likeness (QED) is 0.566. The van der Waals surface area contributed by atoms with Crippen LogP contribution in [0.4, 0.5) is 4.79 Å². The van der Waals surface area contributed by atoms with Gasteiger partial charge in [-0.3, -0.25) is 0 Å². The number of nitrogens with one attached hydrogen (secondary N) is 1. The first-order chi connectivity index (χ1) is 6.25. The topological polar surface area (TPSA) is 55.4 Å². The van der Waals surface area contributed by atoms with Gasteiger partial charge in [0.2, 0.25) is 0 Å². The van der Waals surface area contributed by atoms with Crippen molar-refractivity contribution in [1.29, 1.82) is 0 Å². The van der Waals surface area contributed by atoms with Gasteiger partial charge in [-0.15, -0.1) is 11.3 Å². The number of esters is 1. The van der Waals surface area contributed by atoms with Gasteiger partial charge in [0, 0.05) is 11.3 Å². The van der Waals surface area contributed by atoms with E-state index >= 15 is 0 Å². The Morgan fingerprint density at radius 3 is 2.92 bits per heavy atom. The van der Waals surface area contributed by atoms with Crippen molar-refractivity contribution in [1.82, 2.24) is 5.32 Å². The van der Waals surface area contributed by atoms with Gasteiger partial charge in [-0.25, -0.2) is 9.59 Å². The Balaban J connectivity index is 2.03. The number of cyclic esters (lactones) is 2. The largest absolute Gasteiger partial charge is 0.415 e. The third-order valence-corrected chi connectivity index (χ3v) is 2.65. The van der Waals surface area contributed by atoms with Crippen molar-refractivity contribution >= 4 is 23.4 Å². The molecule has 0 unspecified atom stereocenters. The lowest BCUT2D eigenvalue weighted by Gasteiger charge is -2.01. The van der Waals surface area contributed by atoms with Gasteiger partial charge in [0.05, 0.1) is 0 Å². The number of ether oxygens (including phenoxy) is 1. The summed E-state index contributed by atoms with van der Waals surface area (Å²) >= 11 is 1.55. The first-order valence-electron chi connectivity index (χ1n) is 3.80. The van der Waals surface area contributed by atoms with Crippen molar-refractivity contribution in [3.63, 3.8) is 0 Å². The molecule has 1 fully saturated rings. The van der Waals surface area contributed by atoms with E-state index in [2.05, 4.69) is 10.1 Å². The SMILES string of the molecule is O=C1N[C@@H](Cc2cccs2)C(=O)O1. The fraction of sp³-hybridized carbons (Fsp3) is 0.250. The van der Waals surface area contributed by atoms with Crippen LogP contribution in [0, 0.1) is 0 Å². The number of thiophene rings is 1. The minimum atomic E-state index is -0.647. The molecule has 0 spiro atoms. The van der Waals surface area contributed by atoms with Gasteiger partial charge in [-0.05, 0) is 11.4 Å². The molecular formula is C8H7NO3S. The van der Waals surface area contributed by atoms with Gasteiger partial charge < -0.3 is 10.1 Å². The molecule has 2 heterocycles. The maximum atomic E-state index is 11.0. The smallest absolute Gasteiger partial charge is 0.375 e. The number of amides is 1. The fourth-order valence-electron chi connectivity index (χ4n) is 1.16. The predicted octanol–water partition coefficient (Wildman–Crippen LogP) is 0.926. The zero-order valence-electron chi connectivity index (χ0n) is 6.65. The molecule has 0 radical (unpaired) electrons. The minimum Gasteiger partial charge on any atom is -0.375 e. The maximum Gasteiger partial charge on any atom is 0.415 e. The summed E-state index contributed by atoms with van der Waals surface area (Å²) in [5.41, 5.74) is 0. The molecule has 0 bridgehead atoms. The maximum absolute atomic E-state index is 11.0. The van der Waals surface area contributed by atoms with Gasteiger partial charge in [-0.1, -0.05) is 6.07 Å². The van der Waals surface area contributed by atoms with Crippen molar-refractivity contribution < 1.29 is 14.3 Å². The number of alkyl carbamates (subject to hydrolysis) is 1. The van der Waals surface area contributed by atoms with E-state index in [0.29, 0.717) is 6.42 Å². The van der Waals surface area contributed by atoms with Crippen LogP contribution in [0.3, 0.4) is 0 Å². The zero-order valence-corrected chi connectivity index (χ0v) is 7.47. The summed E-state index contributed by atoms with van der Waals surface area (Å²) in [6.45, 7) is 0. The summed E-state index contributed by atoms with van der Waals surface area (Å²) in [6, 6.07) is 3.32. The van der Waals surface area contributed by atoms with Crippen LogP contribution in [-0.4, -0.2) is 18.1 Å². The minimum absolute atomic E-state index is 0.488. The molecule has 1 amide bonds. The van der Waals surface area contributed by atoms with Crippen LogP contribution in [0.5, 0.6) is 0 Å². The monoisotopic (exact) mass is 197 g/mol. The second-order valence-electron chi connectivity index (χ2n) is 2.69. The lowest BCUT2D eigenvalue weighted by molar-refractivity contribution is -0.135. The Hall–Kier alpha value is -1.36. The van der Waals surface area contributed by atoms with Gasteiger partial charge in [0.25, 0.3) is 0 Å². The molecule has 1 aliphatic rings. The molecule has 68 valence electrons. The Bertz CT molecular complexity index is 333. The molecule has 1 aliphatic heterocycles. The summed E-state index contributed by atoms with van der Waals surface area (Å²) in [5.74, 6) is -0.488. The third kappa shape index (κ3) is 1.70. The molecule has 0 aliphatic carbocycles. The average molecular weight is 197 g/mol. The summed E-state index contributed by atoms with van der Waals surface area (Å²) in [4.78, 5) is 22.7. The highest BCUT2D eigenvalue weighted by Crippen LogP contribution is 2.13. The molecule has 1 atom stereocenters. The zero-order chi connectivity index (χ0) is 9.26. The lowest BCUT2D eigenvalue weighted by atomic mass is 10.2. The van der Waals surface area contributed by atoms with E-state index < -0.39 is 18.1 Å². The van der Waals surface area contributed by atoms with Crippen molar-refractivity contribution in [3.05, 3.63) is 22.4 Å². The second-order valence-corrected chi connectivity index (χ2v) is 3.72. The van der Waals surface area contributed by atoms with Crippen LogP contribution in [0.15, 0.2) is 17.5 Å². The number of hydrogen-bond acceptors (Lipinski definition) is 4. The number of hydrogen-bond donors (Lipinski definition) is 1. The van der Waals surface area contributed by atoms with Gasteiger partial charge in [0.1, 0.15) is 6.04 Å². The van der Waals surface area contributed by atoms with E-state index in [-0.39, 0.29) is 0 Å². The van der Waals surface area contributed by atoms with Crippen LogP contribution >= 0.6 is 11.3 Å². The number of rotatable bonds is 2. The standard InChI is InChI=1S/C8H7NO3S/c10-7-6(9-8(11)12-7)4-5-2-1-3-13-5/h1-3,6H,4H2,(H,9,11)/t6-/m0/s1.